The van der Waals surface area contributed by atoms with E-state index in [1.54, 1.807) is 0 Å². The normalized spacial score (nSPS) is 27.9. The third-order valence-electron chi connectivity index (χ3n) is 5.55. The largest absolute Gasteiger partial charge is 0.379 e. The van der Waals surface area contributed by atoms with Crippen molar-refractivity contribution in [3.05, 3.63) is 29.8 Å². The number of nitrogens with two attached hydrogens (primary N) is 1. The van der Waals surface area contributed by atoms with Crippen LogP contribution in [0.4, 0.5) is 5.69 Å². The van der Waals surface area contributed by atoms with Crippen molar-refractivity contribution in [2.24, 2.45) is 5.73 Å². The lowest BCUT2D eigenvalue weighted by molar-refractivity contribution is -0.129. The Hall–Kier alpha value is -2.49. The van der Waals surface area contributed by atoms with Gasteiger partial charge in [-0.2, -0.15) is 0 Å². The fraction of sp³-hybridized carbons (Fsp3) is 0.526. The van der Waals surface area contributed by atoms with Gasteiger partial charge in [0, 0.05) is 25.2 Å². The molecular formula is C19H25N5O4. The lowest BCUT2D eigenvalue weighted by Crippen LogP contribution is -2.64. The Kier molecular flexibility index (Phi) is 5.29. The van der Waals surface area contributed by atoms with Gasteiger partial charge >= 0.3 is 0 Å². The van der Waals surface area contributed by atoms with Crippen LogP contribution in [0.2, 0.25) is 0 Å². The van der Waals surface area contributed by atoms with E-state index >= 15 is 0 Å². The summed E-state index contributed by atoms with van der Waals surface area (Å²) >= 11 is 0. The minimum atomic E-state index is -0.695. The molecule has 1 aromatic rings. The molecule has 0 aliphatic carbocycles. The van der Waals surface area contributed by atoms with E-state index in [2.05, 4.69) is 15.5 Å². The number of para-hydroxylation sites is 1. The van der Waals surface area contributed by atoms with E-state index in [1.165, 1.54) is 4.90 Å². The number of amides is 3. The highest BCUT2D eigenvalue weighted by molar-refractivity contribution is 6.03. The summed E-state index contributed by atoms with van der Waals surface area (Å²) in [7, 11) is 0. The van der Waals surface area contributed by atoms with E-state index in [-0.39, 0.29) is 24.4 Å². The van der Waals surface area contributed by atoms with Crippen molar-refractivity contribution in [3.8, 4) is 0 Å². The molecule has 0 bridgehead atoms. The number of morpholine rings is 1. The second kappa shape index (κ2) is 7.86. The highest BCUT2D eigenvalue weighted by Gasteiger charge is 2.39. The lowest BCUT2D eigenvalue weighted by atomic mass is 10.1. The smallest absolute Gasteiger partial charge is 0.240 e. The Morgan fingerprint density at radius 3 is 2.68 bits per heavy atom. The Balaban J connectivity index is 1.47. The molecule has 4 N–H and O–H groups in total. The first-order valence-electron chi connectivity index (χ1n) is 9.59. The van der Waals surface area contributed by atoms with Gasteiger partial charge in [0.1, 0.15) is 6.04 Å². The number of hydrogen-bond donors (Lipinski definition) is 3. The molecule has 0 saturated carbocycles. The zero-order valence-corrected chi connectivity index (χ0v) is 15.6. The van der Waals surface area contributed by atoms with Gasteiger partial charge in [-0.25, -0.2) is 0 Å². The van der Waals surface area contributed by atoms with Crippen LogP contribution in [0.3, 0.4) is 0 Å². The standard InChI is InChI=1S/C19H25N5O4/c20-19(27)14-9-12-3-1-2-4-13(12)24(14)18(26)10-15-21-16(11-17(25)22-15)23-5-7-28-8-6-23/h1-4,14-16,21H,5-11H2,(H2,20,27)(H,22,25). The van der Waals surface area contributed by atoms with Crippen molar-refractivity contribution in [2.45, 2.75) is 37.6 Å². The molecular weight excluding hydrogens is 362 g/mol. The highest BCUT2D eigenvalue weighted by atomic mass is 16.5. The fourth-order valence-electron chi connectivity index (χ4n) is 4.19. The van der Waals surface area contributed by atoms with Gasteiger partial charge in [-0.1, -0.05) is 18.2 Å². The Morgan fingerprint density at radius 2 is 1.93 bits per heavy atom. The van der Waals surface area contributed by atoms with E-state index in [1.807, 2.05) is 24.3 Å². The number of hydrogen-bond acceptors (Lipinski definition) is 6. The van der Waals surface area contributed by atoms with Gasteiger partial charge in [0.05, 0.1) is 38.4 Å². The summed E-state index contributed by atoms with van der Waals surface area (Å²) in [5, 5.41) is 6.19. The number of anilines is 1. The van der Waals surface area contributed by atoms with Crippen LogP contribution in [0, 0.1) is 0 Å². The quantitative estimate of drug-likeness (QED) is 0.605. The Bertz CT molecular complexity index is 779. The van der Waals surface area contributed by atoms with Crippen LogP contribution in [0.1, 0.15) is 18.4 Å². The first kappa shape index (κ1) is 18.9. The molecule has 3 aliphatic rings. The Labute approximate surface area is 163 Å². The zero-order chi connectivity index (χ0) is 19.7. The molecule has 0 spiro atoms. The van der Waals surface area contributed by atoms with Gasteiger partial charge in [0.15, 0.2) is 0 Å². The summed E-state index contributed by atoms with van der Waals surface area (Å²) in [5.74, 6) is -0.869. The van der Waals surface area contributed by atoms with Crippen molar-refractivity contribution < 1.29 is 19.1 Å². The van der Waals surface area contributed by atoms with Crippen LogP contribution < -0.4 is 21.3 Å². The summed E-state index contributed by atoms with van der Waals surface area (Å²) in [6.45, 7) is 2.76. The van der Waals surface area contributed by atoms with Gasteiger partial charge in [-0.05, 0) is 11.6 Å². The molecule has 1 aromatic carbocycles. The number of fused-ring (bicyclic) bond motifs is 1. The van der Waals surface area contributed by atoms with Crippen molar-refractivity contribution in [3.63, 3.8) is 0 Å². The molecule has 2 fully saturated rings. The predicted molar refractivity (Wildman–Crippen MR) is 101 cm³/mol. The van der Waals surface area contributed by atoms with Gasteiger partial charge in [0.25, 0.3) is 0 Å². The first-order valence-corrected chi connectivity index (χ1v) is 9.59. The van der Waals surface area contributed by atoms with Gasteiger partial charge < -0.3 is 15.8 Å². The number of nitrogens with one attached hydrogen (secondary N) is 2. The number of ether oxygens (including phenoxy) is 1. The van der Waals surface area contributed by atoms with Crippen LogP contribution >= 0.6 is 0 Å². The Morgan fingerprint density at radius 1 is 1.18 bits per heavy atom. The van der Waals surface area contributed by atoms with E-state index < -0.39 is 18.1 Å². The average Bonchev–Trinajstić information content (AvgIpc) is 3.08. The molecule has 9 nitrogen and oxygen atoms in total. The molecule has 9 heteroatoms. The molecule has 3 aliphatic heterocycles. The van der Waals surface area contributed by atoms with E-state index in [4.69, 9.17) is 10.5 Å². The van der Waals surface area contributed by atoms with Crippen LogP contribution in [0.15, 0.2) is 24.3 Å². The van der Waals surface area contributed by atoms with E-state index in [0.717, 1.165) is 18.7 Å². The number of rotatable bonds is 4. The summed E-state index contributed by atoms with van der Waals surface area (Å²) in [6, 6.07) is 6.73. The zero-order valence-electron chi connectivity index (χ0n) is 15.6. The number of benzene rings is 1. The maximum atomic E-state index is 13.1. The fourth-order valence-corrected chi connectivity index (χ4v) is 4.19. The second-order valence-electron chi connectivity index (χ2n) is 7.37. The molecule has 3 heterocycles. The molecule has 28 heavy (non-hydrogen) atoms. The number of carbonyl (C=O) groups is 3. The maximum Gasteiger partial charge on any atom is 0.240 e. The third kappa shape index (κ3) is 3.73. The van der Waals surface area contributed by atoms with Gasteiger partial charge in [-0.3, -0.25) is 29.5 Å². The number of primary amides is 1. The predicted octanol–water partition coefficient (Wildman–Crippen LogP) is -1.09. The van der Waals surface area contributed by atoms with Crippen LogP contribution in [-0.4, -0.2) is 67.3 Å². The molecule has 3 unspecified atom stereocenters. The lowest BCUT2D eigenvalue weighted by Gasteiger charge is -2.40. The third-order valence-corrected chi connectivity index (χ3v) is 5.55. The number of nitrogens with zero attached hydrogens (tertiary/aromatic N) is 2. The SMILES string of the molecule is NC(=O)C1Cc2ccccc2N1C(=O)CC1NC(=O)CC(N2CCOCC2)N1. The van der Waals surface area contributed by atoms with Crippen LogP contribution in [-0.2, 0) is 25.5 Å². The summed E-state index contributed by atoms with van der Waals surface area (Å²) in [4.78, 5) is 40.8. The topological polar surface area (TPSA) is 117 Å². The molecule has 150 valence electrons. The summed E-state index contributed by atoms with van der Waals surface area (Å²) in [5.41, 5.74) is 7.18. The first-order chi connectivity index (χ1) is 13.5. The van der Waals surface area contributed by atoms with Gasteiger partial charge in [0.2, 0.25) is 17.7 Å². The molecule has 4 rings (SSSR count). The number of carbonyl (C=O) groups excluding carboxylic acids is 3. The average molecular weight is 387 g/mol. The summed E-state index contributed by atoms with van der Waals surface area (Å²) in [6.07, 6.45) is 0.167. The van der Waals surface area contributed by atoms with Gasteiger partial charge in [-0.15, -0.1) is 0 Å². The summed E-state index contributed by atoms with van der Waals surface area (Å²) < 4.78 is 5.37. The second-order valence-corrected chi connectivity index (χ2v) is 7.37. The van der Waals surface area contributed by atoms with Crippen molar-refractivity contribution in [1.82, 2.24) is 15.5 Å². The van der Waals surface area contributed by atoms with E-state index in [0.29, 0.717) is 31.7 Å². The molecule has 0 radical (unpaired) electrons. The van der Waals surface area contributed by atoms with Crippen molar-refractivity contribution in [1.29, 1.82) is 0 Å². The molecule has 3 amide bonds. The minimum Gasteiger partial charge on any atom is -0.379 e. The minimum absolute atomic E-state index is 0.0463. The van der Waals surface area contributed by atoms with Crippen LogP contribution in [0.5, 0.6) is 0 Å². The molecule has 2 saturated heterocycles. The van der Waals surface area contributed by atoms with Crippen molar-refractivity contribution >= 4 is 23.4 Å². The van der Waals surface area contributed by atoms with Crippen molar-refractivity contribution in [2.75, 3.05) is 31.2 Å². The van der Waals surface area contributed by atoms with E-state index in [9.17, 15) is 14.4 Å². The monoisotopic (exact) mass is 387 g/mol. The molecule has 3 atom stereocenters. The maximum absolute atomic E-state index is 13.1. The highest BCUT2D eigenvalue weighted by Crippen LogP contribution is 2.32. The van der Waals surface area contributed by atoms with Crippen LogP contribution in [0.25, 0.3) is 0 Å². The molecule has 0 aromatic heterocycles.